The summed E-state index contributed by atoms with van der Waals surface area (Å²) < 4.78 is 0. The minimum Gasteiger partial charge on any atom is -0.291 e. The normalized spacial score (nSPS) is 33.5. The molecular formula is C13H23N. The number of rotatable bonds is 1. The highest BCUT2D eigenvalue weighted by Gasteiger charge is 2.18. The molecule has 0 saturated heterocycles. The minimum absolute atomic E-state index is 0.694. The summed E-state index contributed by atoms with van der Waals surface area (Å²) in [6.45, 7) is 2.36. The van der Waals surface area contributed by atoms with Crippen LogP contribution in [0.25, 0.3) is 0 Å². The number of nitrogens with zero attached hydrogens (tertiary/aromatic N) is 1. The van der Waals surface area contributed by atoms with Crippen LogP contribution in [0.4, 0.5) is 0 Å². The fourth-order valence-corrected chi connectivity index (χ4v) is 2.81. The Hall–Kier alpha value is -0.330. The van der Waals surface area contributed by atoms with Crippen LogP contribution in [0.1, 0.15) is 64.7 Å². The summed E-state index contributed by atoms with van der Waals surface area (Å²) in [7, 11) is 0. The molecule has 1 atom stereocenters. The second-order valence-electron chi connectivity index (χ2n) is 5.06. The van der Waals surface area contributed by atoms with E-state index in [4.69, 9.17) is 4.99 Å². The van der Waals surface area contributed by atoms with Crippen molar-refractivity contribution in [1.82, 2.24) is 0 Å². The second kappa shape index (κ2) is 4.95. The molecule has 2 aliphatic carbocycles. The third-order valence-corrected chi connectivity index (χ3v) is 3.81. The first-order valence-corrected chi connectivity index (χ1v) is 6.43. The van der Waals surface area contributed by atoms with Crippen LogP contribution in [0.3, 0.4) is 0 Å². The molecule has 0 heterocycles. The smallest absolute Gasteiger partial charge is 0.0499 e. The molecule has 0 bridgehead atoms. The molecule has 0 aromatic heterocycles. The van der Waals surface area contributed by atoms with E-state index in [1.807, 2.05) is 0 Å². The SMILES string of the molecule is CC1CCCCC1=NC1CCCCC1. The van der Waals surface area contributed by atoms with Crippen molar-refractivity contribution in [2.24, 2.45) is 10.9 Å². The third kappa shape index (κ3) is 2.59. The molecule has 14 heavy (non-hydrogen) atoms. The lowest BCUT2D eigenvalue weighted by Crippen LogP contribution is -2.20. The fraction of sp³-hybridized carbons (Fsp3) is 0.923. The molecule has 0 spiro atoms. The molecule has 2 rings (SSSR count). The molecule has 0 amide bonds. The maximum absolute atomic E-state index is 4.99. The Balaban J connectivity index is 1.93. The molecule has 1 nitrogen and oxygen atoms in total. The van der Waals surface area contributed by atoms with Crippen molar-refractivity contribution in [1.29, 1.82) is 0 Å². The van der Waals surface area contributed by atoms with E-state index in [1.165, 1.54) is 57.8 Å². The average molecular weight is 193 g/mol. The van der Waals surface area contributed by atoms with Crippen molar-refractivity contribution in [2.75, 3.05) is 0 Å². The minimum atomic E-state index is 0.694. The second-order valence-corrected chi connectivity index (χ2v) is 5.06. The maximum Gasteiger partial charge on any atom is 0.0499 e. The zero-order valence-corrected chi connectivity index (χ0v) is 9.47. The van der Waals surface area contributed by atoms with Gasteiger partial charge in [-0.15, -0.1) is 0 Å². The van der Waals surface area contributed by atoms with Crippen LogP contribution in [-0.4, -0.2) is 11.8 Å². The van der Waals surface area contributed by atoms with Gasteiger partial charge in [0.05, 0.1) is 0 Å². The van der Waals surface area contributed by atoms with Gasteiger partial charge in [0.2, 0.25) is 0 Å². The Morgan fingerprint density at radius 3 is 2.36 bits per heavy atom. The molecule has 1 heteroatoms. The highest BCUT2D eigenvalue weighted by molar-refractivity contribution is 5.87. The van der Waals surface area contributed by atoms with Crippen LogP contribution in [0.2, 0.25) is 0 Å². The first-order valence-electron chi connectivity index (χ1n) is 6.43. The van der Waals surface area contributed by atoms with Gasteiger partial charge in [-0.2, -0.15) is 0 Å². The lowest BCUT2D eigenvalue weighted by atomic mass is 9.87. The standard InChI is InChI=1S/C13H23N/c1-11-7-5-6-10-13(11)14-12-8-3-2-4-9-12/h11-12H,2-10H2,1H3. The van der Waals surface area contributed by atoms with E-state index in [9.17, 15) is 0 Å². The van der Waals surface area contributed by atoms with Crippen molar-refractivity contribution >= 4 is 5.71 Å². The summed E-state index contributed by atoms with van der Waals surface area (Å²) in [5.41, 5.74) is 1.54. The van der Waals surface area contributed by atoms with Gasteiger partial charge < -0.3 is 0 Å². The van der Waals surface area contributed by atoms with Crippen LogP contribution in [0, 0.1) is 5.92 Å². The highest BCUT2D eigenvalue weighted by Crippen LogP contribution is 2.25. The van der Waals surface area contributed by atoms with Gasteiger partial charge in [-0.3, -0.25) is 4.99 Å². The number of hydrogen-bond donors (Lipinski definition) is 0. The third-order valence-electron chi connectivity index (χ3n) is 3.81. The van der Waals surface area contributed by atoms with Gasteiger partial charge >= 0.3 is 0 Å². The predicted octanol–water partition coefficient (Wildman–Crippen LogP) is 3.97. The summed E-state index contributed by atoms with van der Waals surface area (Å²) in [6, 6.07) is 0.694. The number of hydrogen-bond acceptors (Lipinski definition) is 1. The molecule has 1 unspecified atom stereocenters. The van der Waals surface area contributed by atoms with Gasteiger partial charge in [-0.25, -0.2) is 0 Å². The fourth-order valence-electron chi connectivity index (χ4n) is 2.81. The van der Waals surface area contributed by atoms with E-state index in [0.29, 0.717) is 6.04 Å². The number of aliphatic imine (C=N–C) groups is 1. The Labute approximate surface area is 88.0 Å². The summed E-state index contributed by atoms with van der Waals surface area (Å²) >= 11 is 0. The van der Waals surface area contributed by atoms with E-state index in [-0.39, 0.29) is 0 Å². The molecular weight excluding hydrogens is 170 g/mol. The first-order chi connectivity index (χ1) is 6.86. The van der Waals surface area contributed by atoms with Crippen LogP contribution in [0.15, 0.2) is 4.99 Å². The van der Waals surface area contributed by atoms with E-state index in [0.717, 1.165) is 5.92 Å². The Morgan fingerprint density at radius 1 is 0.929 bits per heavy atom. The van der Waals surface area contributed by atoms with E-state index in [2.05, 4.69) is 6.92 Å². The van der Waals surface area contributed by atoms with Crippen molar-refractivity contribution in [3.05, 3.63) is 0 Å². The zero-order valence-electron chi connectivity index (χ0n) is 9.47. The summed E-state index contributed by atoms with van der Waals surface area (Å²) in [6.07, 6.45) is 12.5. The average Bonchev–Trinajstić information content (AvgIpc) is 2.23. The van der Waals surface area contributed by atoms with Gasteiger partial charge in [-0.1, -0.05) is 32.6 Å². The highest BCUT2D eigenvalue weighted by atomic mass is 14.8. The molecule has 0 aromatic carbocycles. The summed E-state index contributed by atoms with van der Waals surface area (Å²) in [4.78, 5) is 4.99. The summed E-state index contributed by atoms with van der Waals surface area (Å²) in [5, 5.41) is 0. The van der Waals surface area contributed by atoms with Crippen LogP contribution < -0.4 is 0 Å². The lowest BCUT2D eigenvalue weighted by Gasteiger charge is -2.24. The summed E-state index contributed by atoms with van der Waals surface area (Å²) in [5.74, 6) is 0.783. The largest absolute Gasteiger partial charge is 0.291 e. The van der Waals surface area contributed by atoms with E-state index in [1.54, 1.807) is 5.71 Å². The van der Waals surface area contributed by atoms with E-state index < -0.39 is 0 Å². The molecule has 0 aromatic rings. The monoisotopic (exact) mass is 193 g/mol. The van der Waals surface area contributed by atoms with Gasteiger partial charge in [-0.05, 0) is 38.0 Å². The van der Waals surface area contributed by atoms with Gasteiger partial charge in [0, 0.05) is 11.8 Å². The van der Waals surface area contributed by atoms with E-state index >= 15 is 0 Å². The topological polar surface area (TPSA) is 12.4 Å². The Morgan fingerprint density at radius 2 is 1.64 bits per heavy atom. The van der Waals surface area contributed by atoms with Crippen LogP contribution in [-0.2, 0) is 0 Å². The van der Waals surface area contributed by atoms with Crippen LogP contribution in [0.5, 0.6) is 0 Å². The van der Waals surface area contributed by atoms with Gasteiger partial charge in [0.1, 0.15) is 0 Å². The van der Waals surface area contributed by atoms with Crippen molar-refractivity contribution in [2.45, 2.75) is 70.8 Å². The first kappa shape index (κ1) is 10.2. The maximum atomic E-state index is 4.99. The molecule has 2 saturated carbocycles. The molecule has 2 fully saturated rings. The quantitative estimate of drug-likeness (QED) is 0.597. The van der Waals surface area contributed by atoms with Gasteiger partial charge in [0.25, 0.3) is 0 Å². The zero-order chi connectivity index (χ0) is 9.80. The Kier molecular flexibility index (Phi) is 3.61. The lowest BCUT2D eigenvalue weighted by molar-refractivity contribution is 0.437. The molecule has 0 N–H and O–H groups in total. The molecule has 0 radical (unpaired) electrons. The molecule has 0 aliphatic heterocycles. The van der Waals surface area contributed by atoms with Gasteiger partial charge in [0.15, 0.2) is 0 Å². The molecule has 2 aliphatic rings. The van der Waals surface area contributed by atoms with Crippen molar-refractivity contribution in [3.63, 3.8) is 0 Å². The Bertz CT molecular complexity index is 201. The molecule has 80 valence electrons. The predicted molar refractivity (Wildman–Crippen MR) is 61.9 cm³/mol. The van der Waals surface area contributed by atoms with Crippen molar-refractivity contribution < 1.29 is 0 Å². The van der Waals surface area contributed by atoms with Crippen molar-refractivity contribution in [3.8, 4) is 0 Å². The van der Waals surface area contributed by atoms with Crippen LogP contribution >= 0.6 is 0 Å².